The van der Waals surface area contributed by atoms with Gasteiger partial charge in [0.05, 0.1) is 5.52 Å². The standard InChI is InChI=1S/C16H14N2OS/c19-16(17-9-7-12-8-10-20-11-12)15-6-5-13-3-1-2-4-14(13)18-15/h1-6,8,10-11H,7,9H2,(H,17,19). The Hall–Kier alpha value is -2.20. The summed E-state index contributed by atoms with van der Waals surface area (Å²) in [4.78, 5) is 16.4. The van der Waals surface area contributed by atoms with Crippen molar-refractivity contribution < 1.29 is 4.79 Å². The van der Waals surface area contributed by atoms with E-state index in [1.54, 1.807) is 17.4 Å². The molecule has 100 valence electrons. The largest absolute Gasteiger partial charge is 0.350 e. The lowest BCUT2D eigenvalue weighted by Crippen LogP contribution is -2.26. The average molecular weight is 282 g/mol. The quantitative estimate of drug-likeness (QED) is 0.798. The molecule has 2 aromatic heterocycles. The van der Waals surface area contributed by atoms with E-state index in [0.29, 0.717) is 12.2 Å². The van der Waals surface area contributed by atoms with E-state index in [2.05, 4.69) is 21.7 Å². The number of thiophene rings is 1. The Morgan fingerprint density at radius 1 is 1.15 bits per heavy atom. The molecule has 0 radical (unpaired) electrons. The maximum atomic E-state index is 12.0. The van der Waals surface area contributed by atoms with Crippen molar-refractivity contribution in [3.63, 3.8) is 0 Å². The first-order chi connectivity index (χ1) is 9.83. The van der Waals surface area contributed by atoms with Crippen molar-refractivity contribution in [1.82, 2.24) is 10.3 Å². The SMILES string of the molecule is O=C(NCCc1ccsc1)c1ccc2ccccc2n1. The number of carbonyl (C=O) groups is 1. The van der Waals surface area contributed by atoms with Gasteiger partial charge in [0, 0.05) is 11.9 Å². The molecule has 0 fully saturated rings. The molecule has 0 aliphatic carbocycles. The van der Waals surface area contributed by atoms with Gasteiger partial charge in [-0.3, -0.25) is 4.79 Å². The van der Waals surface area contributed by atoms with Gasteiger partial charge in [0.1, 0.15) is 5.69 Å². The van der Waals surface area contributed by atoms with Gasteiger partial charge in [-0.15, -0.1) is 0 Å². The van der Waals surface area contributed by atoms with Crippen LogP contribution in [-0.4, -0.2) is 17.4 Å². The van der Waals surface area contributed by atoms with Crippen LogP contribution in [0.4, 0.5) is 0 Å². The van der Waals surface area contributed by atoms with Gasteiger partial charge >= 0.3 is 0 Å². The summed E-state index contributed by atoms with van der Waals surface area (Å²) in [5.74, 6) is -0.119. The first-order valence-corrected chi connectivity index (χ1v) is 7.42. The Bertz CT molecular complexity index is 722. The van der Waals surface area contributed by atoms with Crippen LogP contribution in [0.1, 0.15) is 16.1 Å². The summed E-state index contributed by atoms with van der Waals surface area (Å²) in [5, 5.41) is 8.09. The number of hydrogen-bond acceptors (Lipinski definition) is 3. The van der Waals surface area contributed by atoms with E-state index in [4.69, 9.17) is 0 Å². The molecule has 4 heteroatoms. The maximum absolute atomic E-state index is 12.0. The third-order valence-corrected chi connectivity index (χ3v) is 3.84. The van der Waals surface area contributed by atoms with Crippen molar-refractivity contribution in [1.29, 1.82) is 0 Å². The summed E-state index contributed by atoms with van der Waals surface area (Å²) < 4.78 is 0. The van der Waals surface area contributed by atoms with Crippen LogP contribution in [-0.2, 0) is 6.42 Å². The monoisotopic (exact) mass is 282 g/mol. The predicted molar refractivity (Wildman–Crippen MR) is 82.1 cm³/mol. The Labute approximate surface area is 121 Å². The number of nitrogens with zero attached hydrogens (tertiary/aromatic N) is 1. The topological polar surface area (TPSA) is 42.0 Å². The molecule has 0 unspecified atom stereocenters. The molecule has 1 N–H and O–H groups in total. The summed E-state index contributed by atoms with van der Waals surface area (Å²) in [6.07, 6.45) is 0.850. The molecular formula is C16H14N2OS. The summed E-state index contributed by atoms with van der Waals surface area (Å²) >= 11 is 1.67. The van der Waals surface area contributed by atoms with Crippen LogP contribution >= 0.6 is 11.3 Å². The lowest BCUT2D eigenvalue weighted by Gasteiger charge is -2.05. The molecule has 0 aliphatic heterocycles. The average Bonchev–Trinajstić information content (AvgIpc) is 3.00. The van der Waals surface area contributed by atoms with E-state index in [1.807, 2.05) is 35.7 Å². The van der Waals surface area contributed by atoms with Crippen LogP contribution in [0.15, 0.2) is 53.2 Å². The van der Waals surface area contributed by atoms with Crippen LogP contribution < -0.4 is 5.32 Å². The molecule has 0 saturated heterocycles. The third-order valence-electron chi connectivity index (χ3n) is 3.11. The van der Waals surface area contributed by atoms with E-state index in [-0.39, 0.29) is 5.91 Å². The highest BCUT2D eigenvalue weighted by Gasteiger charge is 2.07. The fraction of sp³-hybridized carbons (Fsp3) is 0.125. The molecule has 1 aromatic carbocycles. The number of amides is 1. The van der Waals surface area contributed by atoms with Crippen LogP contribution in [0.2, 0.25) is 0 Å². The predicted octanol–water partition coefficient (Wildman–Crippen LogP) is 3.27. The molecule has 0 aliphatic rings. The van der Waals surface area contributed by atoms with Gasteiger partial charge in [0.2, 0.25) is 0 Å². The third kappa shape index (κ3) is 2.86. The van der Waals surface area contributed by atoms with Crippen molar-refractivity contribution in [2.24, 2.45) is 0 Å². The Kier molecular flexibility index (Phi) is 3.74. The molecule has 3 nitrogen and oxygen atoms in total. The summed E-state index contributed by atoms with van der Waals surface area (Å²) in [6, 6.07) is 13.6. The second-order valence-electron chi connectivity index (χ2n) is 4.53. The van der Waals surface area contributed by atoms with Gasteiger partial charge in [-0.25, -0.2) is 4.98 Å². The molecular weight excluding hydrogens is 268 g/mol. The van der Waals surface area contributed by atoms with E-state index in [9.17, 15) is 4.79 Å². The van der Waals surface area contributed by atoms with Crippen molar-refractivity contribution in [2.75, 3.05) is 6.54 Å². The molecule has 2 heterocycles. The Morgan fingerprint density at radius 3 is 2.90 bits per heavy atom. The zero-order valence-electron chi connectivity index (χ0n) is 10.9. The minimum atomic E-state index is -0.119. The first-order valence-electron chi connectivity index (χ1n) is 6.48. The number of rotatable bonds is 4. The van der Waals surface area contributed by atoms with Crippen molar-refractivity contribution in [3.8, 4) is 0 Å². The second-order valence-corrected chi connectivity index (χ2v) is 5.31. The maximum Gasteiger partial charge on any atom is 0.269 e. The van der Waals surface area contributed by atoms with Gasteiger partial charge in [0.25, 0.3) is 5.91 Å². The smallest absolute Gasteiger partial charge is 0.269 e. The molecule has 3 rings (SSSR count). The fourth-order valence-electron chi connectivity index (χ4n) is 2.04. The number of aromatic nitrogens is 1. The normalized spacial score (nSPS) is 10.6. The number of pyridine rings is 1. The minimum absolute atomic E-state index is 0.119. The molecule has 0 bridgehead atoms. The minimum Gasteiger partial charge on any atom is -0.350 e. The van der Waals surface area contributed by atoms with Crippen molar-refractivity contribution in [3.05, 3.63) is 64.5 Å². The van der Waals surface area contributed by atoms with E-state index >= 15 is 0 Å². The number of fused-ring (bicyclic) bond motifs is 1. The van der Waals surface area contributed by atoms with Crippen LogP contribution in [0, 0.1) is 0 Å². The molecule has 1 amide bonds. The number of nitrogens with one attached hydrogen (secondary N) is 1. The first kappa shape index (κ1) is 12.8. The van der Waals surface area contributed by atoms with E-state index < -0.39 is 0 Å². The van der Waals surface area contributed by atoms with Crippen LogP contribution in [0.25, 0.3) is 10.9 Å². The highest BCUT2D eigenvalue weighted by molar-refractivity contribution is 7.07. The van der Waals surface area contributed by atoms with Gasteiger partial charge in [-0.05, 0) is 40.9 Å². The zero-order valence-corrected chi connectivity index (χ0v) is 11.7. The van der Waals surface area contributed by atoms with Gasteiger partial charge < -0.3 is 5.32 Å². The lowest BCUT2D eigenvalue weighted by molar-refractivity contribution is 0.0949. The van der Waals surface area contributed by atoms with Gasteiger partial charge in [0.15, 0.2) is 0 Å². The van der Waals surface area contributed by atoms with Gasteiger partial charge in [-0.2, -0.15) is 11.3 Å². The van der Waals surface area contributed by atoms with Crippen LogP contribution in [0.3, 0.4) is 0 Å². The number of hydrogen-bond donors (Lipinski definition) is 1. The molecule has 0 saturated carbocycles. The van der Waals surface area contributed by atoms with E-state index in [1.165, 1.54) is 5.56 Å². The zero-order chi connectivity index (χ0) is 13.8. The number of para-hydroxylation sites is 1. The summed E-state index contributed by atoms with van der Waals surface area (Å²) in [6.45, 7) is 0.629. The second kappa shape index (κ2) is 5.84. The molecule has 20 heavy (non-hydrogen) atoms. The summed E-state index contributed by atoms with van der Waals surface area (Å²) in [5.41, 5.74) is 2.56. The lowest BCUT2D eigenvalue weighted by atomic mass is 10.2. The highest BCUT2D eigenvalue weighted by Crippen LogP contribution is 2.11. The van der Waals surface area contributed by atoms with Crippen LogP contribution in [0.5, 0.6) is 0 Å². The number of carbonyl (C=O) groups excluding carboxylic acids is 1. The van der Waals surface area contributed by atoms with Crippen molar-refractivity contribution >= 4 is 28.1 Å². The molecule has 3 aromatic rings. The summed E-state index contributed by atoms with van der Waals surface area (Å²) in [7, 11) is 0. The Balaban J connectivity index is 1.66. The van der Waals surface area contributed by atoms with Gasteiger partial charge in [-0.1, -0.05) is 24.3 Å². The molecule has 0 spiro atoms. The number of benzene rings is 1. The Morgan fingerprint density at radius 2 is 2.05 bits per heavy atom. The highest BCUT2D eigenvalue weighted by atomic mass is 32.1. The van der Waals surface area contributed by atoms with E-state index in [0.717, 1.165) is 17.3 Å². The van der Waals surface area contributed by atoms with Crippen molar-refractivity contribution in [2.45, 2.75) is 6.42 Å². The fourth-order valence-corrected chi connectivity index (χ4v) is 2.74. The molecule has 0 atom stereocenters.